The fourth-order valence-electron chi connectivity index (χ4n) is 6.15. The lowest BCUT2D eigenvalue weighted by atomic mass is 10.1. The van der Waals surface area contributed by atoms with E-state index in [-0.39, 0.29) is 18.1 Å². The third kappa shape index (κ3) is 9.33. The van der Waals surface area contributed by atoms with Gasteiger partial charge in [0.2, 0.25) is 5.95 Å². The molecule has 4 heterocycles. The first-order valence-electron chi connectivity index (χ1n) is 17.5. The summed E-state index contributed by atoms with van der Waals surface area (Å²) in [6.07, 6.45) is 10.6. The number of aliphatic hydroxyl groups is 1. The van der Waals surface area contributed by atoms with E-state index in [0.29, 0.717) is 41.5 Å². The first kappa shape index (κ1) is 35.7. The van der Waals surface area contributed by atoms with Crippen LogP contribution in [0.5, 0.6) is 0 Å². The fourth-order valence-corrected chi connectivity index (χ4v) is 6.15. The molecule has 4 aromatic rings. The predicted octanol–water partition coefficient (Wildman–Crippen LogP) is 5.55. The number of carbonyl (C=O) groups is 1. The van der Waals surface area contributed by atoms with Crippen molar-refractivity contribution in [3.63, 3.8) is 0 Å². The molecular weight excluding hydrogens is 620 g/mol. The van der Waals surface area contributed by atoms with Crippen molar-refractivity contribution in [2.75, 3.05) is 49.5 Å². The smallest absolute Gasteiger partial charge is 0.305 e. The molecule has 1 aliphatic heterocycles. The van der Waals surface area contributed by atoms with Gasteiger partial charge in [-0.3, -0.25) is 14.5 Å². The molecule has 49 heavy (non-hydrogen) atoms. The highest BCUT2D eigenvalue weighted by Crippen LogP contribution is 2.24. The Kier molecular flexibility index (Phi) is 12.2. The van der Waals surface area contributed by atoms with Crippen molar-refractivity contribution < 1.29 is 14.6 Å². The van der Waals surface area contributed by atoms with Crippen molar-refractivity contribution in [3.05, 3.63) is 77.4 Å². The van der Waals surface area contributed by atoms with Gasteiger partial charge in [0, 0.05) is 50.2 Å². The number of anilines is 3. The Morgan fingerprint density at radius 3 is 2.41 bits per heavy atom. The molecule has 0 amide bonds. The van der Waals surface area contributed by atoms with Gasteiger partial charge < -0.3 is 20.1 Å². The number of esters is 1. The van der Waals surface area contributed by atoms with Gasteiger partial charge in [0.05, 0.1) is 18.8 Å². The minimum Gasteiger partial charge on any atom is -0.466 e. The van der Waals surface area contributed by atoms with Crippen LogP contribution >= 0.6 is 0 Å². The summed E-state index contributed by atoms with van der Waals surface area (Å²) < 4.78 is 8.16. The zero-order valence-electron chi connectivity index (χ0n) is 29.1. The maximum atomic E-state index is 13.3. The number of nitrogens with zero attached hydrogens (tertiary/aromatic N) is 7. The highest BCUT2D eigenvalue weighted by molar-refractivity contribution is 5.77. The second-order valence-corrected chi connectivity index (χ2v) is 13.0. The summed E-state index contributed by atoms with van der Waals surface area (Å²) in [6, 6.07) is 13.6. The van der Waals surface area contributed by atoms with E-state index in [4.69, 9.17) is 9.72 Å². The maximum absolute atomic E-state index is 13.3. The van der Waals surface area contributed by atoms with Gasteiger partial charge in [-0.05, 0) is 76.6 Å². The number of nitrogens with one attached hydrogen (secondary N) is 1. The lowest BCUT2D eigenvalue weighted by molar-refractivity contribution is -0.143. The van der Waals surface area contributed by atoms with E-state index in [1.54, 1.807) is 42.8 Å². The van der Waals surface area contributed by atoms with Crippen LogP contribution in [0.25, 0.3) is 16.9 Å². The van der Waals surface area contributed by atoms with Crippen LogP contribution in [-0.2, 0) is 21.7 Å². The van der Waals surface area contributed by atoms with Crippen LogP contribution in [0.4, 0.5) is 17.3 Å². The molecule has 0 radical (unpaired) electrons. The Morgan fingerprint density at radius 1 is 1.00 bits per heavy atom. The summed E-state index contributed by atoms with van der Waals surface area (Å²) in [5.41, 5.74) is 1.50. The number of pyridine rings is 1. The Morgan fingerprint density at radius 2 is 1.71 bits per heavy atom. The van der Waals surface area contributed by atoms with E-state index in [1.165, 1.54) is 42.2 Å². The van der Waals surface area contributed by atoms with Crippen LogP contribution in [0, 0.1) is 0 Å². The van der Waals surface area contributed by atoms with Crippen LogP contribution in [-0.4, -0.2) is 79.6 Å². The number of rotatable bonds is 17. The minimum atomic E-state index is -1.15. The number of ether oxygens (including phenoxy) is 1. The average molecular weight is 671 g/mol. The highest BCUT2D eigenvalue weighted by Gasteiger charge is 2.22. The molecule has 0 saturated carbocycles. The zero-order chi connectivity index (χ0) is 34.8. The molecule has 262 valence electrons. The number of benzene rings is 1. The topological polar surface area (TPSA) is 131 Å². The molecule has 12 nitrogen and oxygen atoms in total. The molecule has 1 saturated heterocycles. The number of aromatic nitrogens is 5. The highest BCUT2D eigenvalue weighted by atomic mass is 16.5. The lowest BCUT2D eigenvalue weighted by Gasteiger charge is -2.36. The molecule has 0 unspecified atom stereocenters. The fraction of sp³-hybridized carbons (Fsp3) is 0.486. The van der Waals surface area contributed by atoms with Crippen molar-refractivity contribution in [1.82, 2.24) is 29.2 Å². The third-order valence-electron chi connectivity index (χ3n) is 8.83. The van der Waals surface area contributed by atoms with Gasteiger partial charge in [-0.25, -0.2) is 19.3 Å². The summed E-state index contributed by atoms with van der Waals surface area (Å²) in [6.45, 7) is 14.9. The lowest BCUT2D eigenvalue weighted by Crippen LogP contribution is -2.46. The van der Waals surface area contributed by atoms with Gasteiger partial charge in [0.25, 0.3) is 5.56 Å². The normalized spacial score (nSPS) is 13.9. The van der Waals surface area contributed by atoms with Crippen molar-refractivity contribution in [1.29, 1.82) is 0 Å². The summed E-state index contributed by atoms with van der Waals surface area (Å²) in [5.74, 6) is 0.739. The molecular formula is C37H50N8O4. The minimum absolute atomic E-state index is 0.0761. The standard InChI is InChI=1S/C37H50N8O4/c1-5-21-44-35(47)30-27-38-36(41-34(30)45(44)32-15-13-14-31(40-32)37(3,4)48)39-28-17-19-29(20-18-28)43-25-23-42(24-26-43)22-12-10-8-7-9-11-16-33(46)49-6-2/h5,13-15,17-20,27,48H,1,6-12,16,21-26H2,2-4H3,(H,38,39,41). The second kappa shape index (κ2) is 16.7. The molecule has 1 aliphatic rings. The molecule has 3 aromatic heterocycles. The number of carbonyl (C=O) groups excluding carboxylic acids is 1. The van der Waals surface area contributed by atoms with E-state index in [0.717, 1.165) is 51.3 Å². The predicted molar refractivity (Wildman–Crippen MR) is 194 cm³/mol. The molecule has 5 rings (SSSR count). The van der Waals surface area contributed by atoms with E-state index >= 15 is 0 Å². The monoisotopic (exact) mass is 670 g/mol. The summed E-state index contributed by atoms with van der Waals surface area (Å²) in [4.78, 5) is 43.5. The Labute approximate surface area is 288 Å². The van der Waals surface area contributed by atoms with Crippen molar-refractivity contribution >= 4 is 34.3 Å². The SMILES string of the molecule is C=CCn1c(=O)c2cnc(Nc3ccc(N4CCN(CCCCCCCCC(=O)OCC)CC4)cc3)nc2n1-c1cccc(C(C)(C)O)n1. The van der Waals surface area contributed by atoms with Gasteiger partial charge >= 0.3 is 5.97 Å². The van der Waals surface area contributed by atoms with Crippen molar-refractivity contribution in [3.8, 4) is 5.82 Å². The van der Waals surface area contributed by atoms with E-state index < -0.39 is 5.60 Å². The van der Waals surface area contributed by atoms with Crippen LogP contribution in [0.15, 0.2) is 66.1 Å². The first-order chi connectivity index (χ1) is 23.7. The van der Waals surface area contributed by atoms with E-state index in [1.807, 2.05) is 19.1 Å². The maximum Gasteiger partial charge on any atom is 0.305 e. The molecule has 0 bridgehead atoms. The van der Waals surface area contributed by atoms with E-state index in [2.05, 4.69) is 43.8 Å². The molecule has 12 heteroatoms. The largest absolute Gasteiger partial charge is 0.466 e. The van der Waals surface area contributed by atoms with Crippen molar-refractivity contribution in [2.45, 2.75) is 77.9 Å². The number of hydrogen-bond acceptors (Lipinski definition) is 10. The number of allylic oxidation sites excluding steroid dienone is 1. The zero-order valence-corrected chi connectivity index (χ0v) is 29.1. The summed E-state index contributed by atoms with van der Waals surface area (Å²) in [5, 5.41) is 14.2. The number of fused-ring (bicyclic) bond motifs is 1. The van der Waals surface area contributed by atoms with Gasteiger partial charge in [-0.1, -0.05) is 37.8 Å². The van der Waals surface area contributed by atoms with Gasteiger partial charge in [-0.2, -0.15) is 4.98 Å². The summed E-state index contributed by atoms with van der Waals surface area (Å²) >= 11 is 0. The van der Waals surface area contributed by atoms with Crippen LogP contribution in [0.3, 0.4) is 0 Å². The molecule has 2 N–H and O–H groups in total. The Balaban J connectivity index is 1.15. The van der Waals surface area contributed by atoms with Gasteiger partial charge in [0.15, 0.2) is 11.5 Å². The first-order valence-corrected chi connectivity index (χ1v) is 17.5. The van der Waals surface area contributed by atoms with Crippen LogP contribution in [0.1, 0.15) is 71.4 Å². The van der Waals surface area contributed by atoms with Crippen molar-refractivity contribution in [2.24, 2.45) is 0 Å². The van der Waals surface area contributed by atoms with Gasteiger partial charge in [-0.15, -0.1) is 6.58 Å². The quantitative estimate of drug-likeness (QED) is 0.0838. The van der Waals surface area contributed by atoms with Crippen LogP contribution in [0.2, 0.25) is 0 Å². The second-order valence-electron chi connectivity index (χ2n) is 13.0. The number of piperazine rings is 1. The third-order valence-corrected chi connectivity index (χ3v) is 8.83. The molecule has 1 aromatic carbocycles. The molecule has 1 fully saturated rings. The molecule has 0 atom stereocenters. The molecule has 0 spiro atoms. The van der Waals surface area contributed by atoms with E-state index in [9.17, 15) is 14.7 Å². The Bertz CT molecular complexity index is 1750. The number of hydrogen-bond donors (Lipinski definition) is 2. The molecule has 0 aliphatic carbocycles. The van der Waals surface area contributed by atoms with Gasteiger partial charge in [0.1, 0.15) is 11.0 Å². The number of unbranched alkanes of at least 4 members (excludes halogenated alkanes) is 5. The Hall–Kier alpha value is -4.55. The van der Waals surface area contributed by atoms with Crippen LogP contribution < -0.4 is 15.8 Å². The average Bonchev–Trinajstić information content (AvgIpc) is 3.36. The summed E-state index contributed by atoms with van der Waals surface area (Å²) in [7, 11) is 0.